The molecule has 22 heavy (non-hydrogen) atoms. The molecule has 5 nitrogen and oxygen atoms in total. The van der Waals surface area contributed by atoms with E-state index in [0.717, 1.165) is 12.2 Å². The number of ether oxygens (including phenoxy) is 2. The van der Waals surface area contributed by atoms with Crippen LogP contribution in [0.15, 0.2) is 23.1 Å². The molecule has 0 saturated carbocycles. The third-order valence-electron chi connectivity index (χ3n) is 4.39. The van der Waals surface area contributed by atoms with Crippen molar-refractivity contribution in [1.29, 1.82) is 0 Å². The average Bonchev–Trinajstić information content (AvgIpc) is 2.89. The van der Waals surface area contributed by atoms with Crippen LogP contribution in [-0.2, 0) is 4.79 Å². The molecule has 124 valence electrons. The second-order valence-electron chi connectivity index (χ2n) is 5.59. The van der Waals surface area contributed by atoms with Gasteiger partial charge < -0.3 is 19.9 Å². The van der Waals surface area contributed by atoms with E-state index in [-0.39, 0.29) is 5.25 Å². The highest BCUT2D eigenvalue weighted by atomic mass is 32.2. The number of carboxylic acids is 1. The van der Waals surface area contributed by atoms with Gasteiger partial charge in [-0.25, -0.2) is 10.9 Å². The molecule has 0 aliphatic carbocycles. The quantitative estimate of drug-likeness (QED) is 0.699. The molecule has 4 atom stereocenters. The van der Waals surface area contributed by atoms with Crippen LogP contribution in [0.3, 0.4) is 0 Å². The second-order valence-corrected chi connectivity index (χ2v) is 8.09. The number of carbonyl (C=O) groups is 1. The van der Waals surface area contributed by atoms with Crippen LogP contribution in [0.1, 0.15) is 13.3 Å². The summed E-state index contributed by atoms with van der Waals surface area (Å²) in [5, 5.41) is 12.6. The van der Waals surface area contributed by atoms with Crippen LogP contribution in [0.25, 0.3) is 0 Å². The largest absolute Gasteiger partial charge is 0.493 e. The van der Waals surface area contributed by atoms with Gasteiger partial charge in [0.25, 0.3) is 0 Å². The molecule has 2 N–H and O–H groups in total. The van der Waals surface area contributed by atoms with E-state index in [0.29, 0.717) is 17.4 Å². The van der Waals surface area contributed by atoms with Crippen LogP contribution in [-0.4, -0.2) is 49.4 Å². The van der Waals surface area contributed by atoms with E-state index in [1.54, 1.807) is 21.3 Å². The van der Waals surface area contributed by atoms with Crippen LogP contribution in [0.2, 0.25) is 0 Å². The minimum absolute atomic E-state index is 0.135. The molecule has 1 fully saturated rings. The lowest BCUT2D eigenvalue weighted by Crippen LogP contribution is -2.45. The van der Waals surface area contributed by atoms with Gasteiger partial charge in [0.05, 0.1) is 14.2 Å². The molecule has 0 bridgehead atoms. The summed E-state index contributed by atoms with van der Waals surface area (Å²) >= 11 is 0. The number of aliphatic carboxylic acids is 1. The lowest BCUT2D eigenvalue weighted by Gasteiger charge is -2.32. The van der Waals surface area contributed by atoms with Crippen molar-refractivity contribution in [2.24, 2.45) is 5.92 Å². The number of benzene rings is 1. The summed E-state index contributed by atoms with van der Waals surface area (Å²) in [6.45, 7) is 2.15. The Kier molecular flexibility index (Phi) is 5.58. The minimum Gasteiger partial charge on any atom is -0.493 e. The molecule has 2 rings (SSSR count). The van der Waals surface area contributed by atoms with E-state index in [1.807, 2.05) is 18.2 Å². The molecule has 0 radical (unpaired) electrons. The van der Waals surface area contributed by atoms with Crippen LogP contribution in [0.5, 0.6) is 11.5 Å². The van der Waals surface area contributed by atoms with E-state index in [1.165, 1.54) is 4.90 Å². The number of nitrogens with one attached hydrogen (secondary N) is 1. The van der Waals surface area contributed by atoms with Crippen molar-refractivity contribution < 1.29 is 19.4 Å². The van der Waals surface area contributed by atoms with E-state index in [4.69, 9.17) is 9.47 Å². The Morgan fingerprint density at radius 2 is 2.05 bits per heavy atom. The number of methoxy groups -OCH3 is 2. The van der Waals surface area contributed by atoms with Crippen LogP contribution >= 0.6 is 10.9 Å². The van der Waals surface area contributed by atoms with Gasteiger partial charge in [0.1, 0.15) is 6.04 Å². The fraction of sp³-hybridized carbons (Fsp3) is 0.562. The molecule has 0 spiro atoms. The monoisotopic (exact) mass is 327 g/mol. The van der Waals surface area contributed by atoms with Crippen LogP contribution < -0.4 is 14.8 Å². The smallest absolute Gasteiger partial charge is 0.321 e. The van der Waals surface area contributed by atoms with Crippen molar-refractivity contribution >= 4 is 16.9 Å². The Morgan fingerprint density at radius 1 is 1.36 bits per heavy atom. The van der Waals surface area contributed by atoms with Gasteiger partial charge in [-0.3, -0.25) is 4.79 Å². The normalized spacial score (nSPS) is 27.4. The summed E-state index contributed by atoms with van der Waals surface area (Å²) in [5.41, 5.74) is 0. The summed E-state index contributed by atoms with van der Waals surface area (Å²) in [6, 6.07) is 5.46. The Hall–Kier alpha value is -1.40. The maximum Gasteiger partial charge on any atom is 0.321 e. The summed E-state index contributed by atoms with van der Waals surface area (Å²) in [5.74, 6) is 2.09. The number of thiol groups is 1. The molecule has 2 unspecified atom stereocenters. The zero-order chi connectivity index (χ0) is 16.3. The van der Waals surface area contributed by atoms with Gasteiger partial charge in [-0.05, 0) is 48.2 Å². The summed E-state index contributed by atoms with van der Waals surface area (Å²) in [7, 11) is 4.43. The van der Waals surface area contributed by atoms with E-state index in [9.17, 15) is 9.90 Å². The van der Waals surface area contributed by atoms with Gasteiger partial charge in [0.15, 0.2) is 11.5 Å². The topological polar surface area (TPSA) is 67.8 Å². The number of rotatable bonds is 6. The lowest BCUT2D eigenvalue weighted by molar-refractivity contribution is -0.139. The fourth-order valence-corrected chi connectivity index (χ4v) is 6.76. The second kappa shape index (κ2) is 7.24. The Bertz CT molecular complexity index is 537. The molecule has 1 aromatic carbocycles. The zero-order valence-electron chi connectivity index (χ0n) is 13.5. The third kappa shape index (κ3) is 3.17. The summed E-state index contributed by atoms with van der Waals surface area (Å²) < 4.78 is 10.7. The molecule has 1 aliphatic heterocycles. The Balaban J connectivity index is 2.35. The molecule has 1 aromatic rings. The van der Waals surface area contributed by atoms with Crippen molar-refractivity contribution in [3.8, 4) is 11.5 Å². The molecule has 0 amide bonds. The number of likely N-dealkylation sites (N-methyl/N-ethyl adjacent to an activating group) is 1. The zero-order valence-corrected chi connectivity index (χ0v) is 14.4. The predicted octanol–water partition coefficient (Wildman–Crippen LogP) is 2.14. The van der Waals surface area contributed by atoms with Gasteiger partial charge in [-0.15, -0.1) is 0 Å². The number of carboxylic acid groups (broad SMARTS) is 1. The molecular weight excluding hydrogens is 302 g/mol. The minimum atomic E-state index is -0.769. The van der Waals surface area contributed by atoms with Gasteiger partial charge in [0.2, 0.25) is 0 Å². The molecular formula is C16H25NO4S. The van der Waals surface area contributed by atoms with Crippen LogP contribution in [0, 0.1) is 5.92 Å². The SMILES string of the molecule is CNC(C(=O)O)[C@H]1[C@H](C)CC[SH]1c1ccc(OC)c(OC)c1. The average molecular weight is 327 g/mol. The summed E-state index contributed by atoms with van der Waals surface area (Å²) in [6.07, 6.45) is 1.07. The van der Waals surface area contributed by atoms with Crippen molar-refractivity contribution in [3.63, 3.8) is 0 Å². The summed E-state index contributed by atoms with van der Waals surface area (Å²) in [4.78, 5) is 12.8. The fourth-order valence-electron chi connectivity index (χ4n) is 3.22. The third-order valence-corrected chi connectivity index (χ3v) is 7.59. The standard InChI is InChI=1S/C16H25NO4S/c1-10-7-8-22(15(10)14(17-2)16(18)19)11-5-6-12(20-3)13(9-11)21-4/h5-6,9-10,14-15,17,22H,7-8H2,1-4H3,(H,18,19)/t10-,14?,15-/m1/s1. The highest BCUT2D eigenvalue weighted by Gasteiger charge is 2.40. The van der Waals surface area contributed by atoms with Crippen molar-refractivity contribution in [1.82, 2.24) is 5.32 Å². The lowest BCUT2D eigenvalue weighted by atomic mass is 9.99. The Morgan fingerprint density at radius 3 is 2.59 bits per heavy atom. The first-order valence-corrected chi connectivity index (χ1v) is 9.01. The van der Waals surface area contributed by atoms with Crippen molar-refractivity contribution in [3.05, 3.63) is 18.2 Å². The molecule has 6 heteroatoms. The van der Waals surface area contributed by atoms with Crippen molar-refractivity contribution in [2.45, 2.75) is 29.5 Å². The maximum absolute atomic E-state index is 11.6. The van der Waals surface area contributed by atoms with Gasteiger partial charge >= 0.3 is 5.97 Å². The Labute approximate surface area is 134 Å². The van der Waals surface area contributed by atoms with Gasteiger partial charge in [-0.2, -0.15) is 0 Å². The number of hydrogen-bond acceptors (Lipinski definition) is 4. The first-order chi connectivity index (χ1) is 10.5. The number of hydrogen-bond donors (Lipinski definition) is 3. The molecule has 0 aromatic heterocycles. The highest BCUT2D eigenvalue weighted by Crippen LogP contribution is 2.53. The van der Waals surface area contributed by atoms with Gasteiger partial charge in [-0.1, -0.05) is 6.92 Å². The highest BCUT2D eigenvalue weighted by molar-refractivity contribution is 8.17. The molecule has 1 heterocycles. The van der Waals surface area contributed by atoms with Crippen molar-refractivity contribution in [2.75, 3.05) is 27.0 Å². The van der Waals surface area contributed by atoms with E-state index in [2.05, 4.69) is 12.2 Å². The van der Waals surface area contributed by atoms with Gasteiger partial charge in [0, 0.05) is 5.25 Å². The molecule has 1 saturated heterocycles. The van der Waals surface area contributed by atoms with E-state index < -0.39 is 22.9 Å². The van der Waals surface area contributed by atoms with Crippen LogP contribution in [0.4, 0.5) is 0 Å². The maximum atomic E-state index is 11.6. The van der Waals surface area contributed by atoms with E-state index >= 15 is 0 Å². The molecule has 1 aliphatic rings. The first kappa shape index (κ1) is 17.0. The predicted molar refractivity (Wildman–Crippen MR) is 89.7 cm³/mol. The first-order valence-electron chi connectivity index (χ1n) is 7.42.